The van der Waals surface area contributed by atoms with Gasteiger partial charge in [0.25, 0.3) is 5.91 Å². The van der Waals surface area contributed by atoms with Crippen LogP contribution in [0.2, 0.25) is 0 Å². The van der Waals surface area contributed by atoms with Crippen molar-refractivity contribution >= 4 is 21.8 Å². The molecule has 0 radical (unpaired) electrons. The smallest absolute Gasteiger partial charge is 0.251 e. The van der Waals surface area contributed by atoms with Gasteiger partial charge in [0.05, 0.1) is 5.75 Å². The fourth-order valence-corrected chi connectivity index (χ4v) is 2.87. The van der Waals surface area contributed by atoms with Gasteiger partial charge in [-0.05, 0) is 23.3 Å². The highest BCUT2D eigenvalue weighted by atomic mass is 32.2. The van der Waals surface area contributed by atoms with Gasteiger partial charge in [0.2, 0.25) is 0 Å². The number of hydrogen-bond donors (Lipinski definition) is 1. The second-order valence-electron chi connectivity index (χ2n) is 5.29. The van der Waals surface area contributed by atoms with Gasteiger partial charge in [-0.2, -0.15) is 0 Å². The highest BCUT2D eigenvalue weighted by molar-refractivity contribution is 7.89. The van der Waals surface area contributed by atoms with E-state index in [1.165, 1.54) is 6.26 Å². The van der Waals surface area contributed by atoms with Crippen molar-refractivity contribution in [2.45, 2.75) is 5.75 Å². The van der Waals surface area contributed by atoms with Gasteiger partial charge in [-0.3, -0.25) is 4.79 Å². The summed E-state index contributed by atoms with van der Waals surface area (Å²) < 4.78 is 22.4. The fourth-order valence-electron chi connectivity index (χ4n) is 2.07. The van der Waals surface area contributed by atoms with Crippen LogP contribution in [0.5, 0.6) is 0 Å². The van der Waals surface area contributed by atoms with Crippen LogP contribution >= 0.6 is 0 Å². The molecule has 0 atom stereocenters. The van der Waals surface area contributed by atoms with Crippen LogP contribution in [0.25, 0.3) is 6.08 Å². The van der Waals surface area contributed by atoms with E-state index in [0.717, 1.165) is 5.56 Å². The molecule has 0 saturated carbocycles. The van der Waals surface area contributed by atoms with Gasteiger partial charge in [-0.15, -0.1) is 0 Å². The Balaban J connectivity index is 1.87. The van der Waals surface area contributed by atoms with Crippen molar-refractivity contribution in [2.75, 3.05) is 12.8 Å². The summed E-state index contributed by atoms with van der Waals surface area (Å²) in [6, 6.07) is 16.4. The second-order valence-corrected chi connectivity index (χ2v) is 7.43. The molecule has 0 spiro atoms. The Morgan fingerprint density at radius 2 is 1.70 bits per heavy atom. The standard InChI is InChI=1S/C18H19NO3S/c1-23(21,22)14-16-9-11-17(12-10-16)18(20)19-13-5-8-15-6-3-2-4-7-15/h2-12H,13-14H2,1H3,(H,19,20)/b8-5+. The SMILES string of the molecule is CS(=O)(=O)Cc1ccc(C(=O)NC/C=C/c2ccccc2)cc1. The molecule has 0 heterocycles. The van der Waals surface area contributed by atoms with E-state index in [1.807, 2.05) is 42.5 Å². The van der Waals surface area contributed by atoms with Crippen LogP contribution in [0.3, 0.4) is 0 Å². The molecule has 0 aromatic heterocycles. The van der Waals surface area contributed by atoms with E-state index in [9.17, 15) is 13.2 Å². The third-order valence-electron chi connectivity index (χ3n) is 3.14. The Morgan fingerprint density at radius 3 is 2.30 bits per heavy atom. The van der Waals surface area contributed by atoms with Crippen LogP contribution in [-0.4, -0.2) is 27.1 Å². The molecule has 0 aliphatic carbocycles. The maximum Gasteiger partial charge on any atom is 0.251 e. The van der Waals surface area contributed by atoms with Crippen molar-refractivity contribution < 1.29 is 13.2 Å². The first-order chi connectivity index (χ1) is 10.9. The molecule has 1 N–H and O–H groups in total. The summed E-state index contributed by atoms with van der Waals surface area (Å²) in [4.78, 5) is 12.0. The van der Waals surface area contributed by atoms with E-state index in [0.29, 0.717) is 17.7 Å². The summed E-state index contributed by atoms with van der Waals surface area (Å²) >= 11 is 0. The maximum atomic E-state index is 12.0. The zero-order valence-corrected chi connectivity index (χ0v) is 13.7. The van der Waals surface area contributed by atoms with E-state index in [-0.39, 0.29) is 11.7 Å². The van der Waals surface area contributed by atoms with Crippen LogP contribution < -0.4 is 5.32 Å². The van der Waals surface area contributed by atoms with Gasteiger partial charge in [0, 0.05) is 18.4 Å². The van der Waals surface area contributed by atoms with E-state index in [1.54, 1.807) is 24.3 Å². The third kappa shape index (κ3) is 6.08. The molecule has 0 bridgehead atoms. The normalized spacial score (nSPS) is 11.5. The lowest BCUT2D eigenvalue weighted by atomic mass is 10.1. The summed E-state index contributed by atoms with van der Waals surface area (Å²) in [6.45, 7) is 0.429. The second kappa shape index (κ2) is 7.74. The Morgan fingerprint density at radius 1 is 1.04 bits per heavy atom. The average Bonchev–Trinajstić information content (AvgIpc) is 2.51. The molecule has 2 aromatic rings. The first-order valence-electron chi connectivity index (χ1n) is 7.20. The van der Waals surface area contributed by atoms with Gasteiger partial charge in [-0.25, -0.2) is 8.42 Å². The fraction of sp³-hybridized carbons (Fsp3) is 0.167. The van der Waals surface area contributed by atoms with E-state index in [2.05, 4.69) is 5.32 Å². The molecule has 0 unspecified atom stereocenters. The summed E-state index contributed by atoms with van der Waals surface area (Å²) in [5.74, 6) is -0.206. The number of carbonyl (C=O) groups excluding carboxylic acids is 1. The van der Waals surface area contributed by atoms with Crippen molar-refractivity contribution in [2.24, 2.45) is 0 Å². The van der Waals surface area contributed by atoms with Crippen molar-refractivity contribution in [1.29, 1.82) is 0 Å². The molecule has 0 aliphatic heterocycles. The lowest BCUT2D eigenvalue weighted by molar-refractivity contribution is 0.0958. The summed E-state index contributed by atoms with van der Waals surface area (Å²) in [5, 5.41) is 2.79. The van der Waals surface area contributed by atoms with Crippen molar-refractivity contribution in [3.05, 3.63) is 77.4 Å². The predicted molar refractivity (Wildman–Crippen MR) is 92.8 cm³/mol. The lowest BCUT2D eigenvalue weighted by Crippen LogP contribution is -2.23. The minimum atomic E-state index is -3.06. The molecular formula is C18H19NO3S. The Labute approximate surface area is 136 Å². The summed E-state index contributed by atoms with van der Waals surface area (Å²) in [6.07, 6.45) is 5.01. The number of nitrogens with one attached hydrogen (secondary N) is 1. The zero-order chi connectivity index (χ0) is 16.7. The molecule has 5 heteroatoms. The van der Waals surface area contributed by atoms with Crippen LogP contribution in [-0.2, 0) is 15.6 Å². The zero-order valence-electron chi connectivity index (χ0n) is 12.9. The van der Waals surface area contributed by atoms with Gasteiger partial charge < -0.3 is 5.32 Å². The van der Waals surface area contributed by atoms with Crippen molar-refractivity contribution in [1.82, 2.24) is 5.32 Å². The molecule has 4 nitrogen and oxygen atoms in total. The lowest BCUT2D eigenvalue weighted by Gasteiger charge is -2.04. The van der Waals surface area contributed by atoms with Gasteiger partial charge in [0.1, 0.15) is 0 Å². The number of rotatable bonds is 6. The molecule has 2 aromatic carbocycles. The first kappa shape index (κ1) is 17.0. The highest BCUT2D eigenvalue weighted by Crippen LogP contribution is 2.08. The number of carbonyl (C=O) groups is 1. The number of hydrogen-bond acceptors (Lipinski definition) is 3. The van der Waals surface area contributed by atoms with Crippen LogP contribution in [0.15, 0.2) is 60.7 Å². The number of benzene rings is 2. The molecule has 0 saturated heterocycles. The predicted octanol–water partition coefficient (Wildman–Crippen LogP) is 2.67. The summed E-state index contributed by atoms with van der Waals surface area (Å²) in [7, 11) is -3.06. The van der Waals surface area contributed by atoms with E-state index >= 15 is 0 Å². The molecule has 2 rings (SSSR count). The monoisotopic (exact) mass is 329 g/mol. The van der Waals surface area contributed by atoms with Crippen LogP contribution in [0.1, 0.15) is 21.5 Å². The summed E-state index contributed by atoms with van der Waals surface area (Å²) in [5.41, 5.74) is 2.26. The highest BCUT2D eigenvalue weighted by Gasteiger charge is 2.07. The Bertz CT molecular complexity index is 779. The minimum absolute atomic E-state index is 0.0191. The molecule has 23 heavy (non-hydrogen) atoms. The van der Waals surface area contributed by atoms with Crippen molar-refractivity contribution in [3.63, 3.8) is 0 Å². The van der Waals surface area contributed by atoms with Crippen molar-refractivity contribution in [3.8, 4) is 0 Å². The molecular weight excluding hydrogens is 310 g/mol. The Kier molecular flexibility index (Phi) is 5.71. The minimum Gasteiger partial charge on any atom is -0.349 e. The Hall–Kier alpha value is -2.40. The first-order valence-corrected chi connectivity index (χ1v) is 9.26. The van der Waals surface area contributed by atoms with E-state index in [4.69, 9.17) is 0 Å². The molecule has 120 valence electrons. The van der Waals surface area contributed by atoms with Crippen LogP contribution in [0.4, 0.5) is 0 Å². The third-order valence-corrected chi connectivity index (χ3v) is 3.99. The number of amides is 1. The topological polar surface area (TPSA) is 63.2 Å². The largest absolute Gasteiger partial charge is 0.349 e. The molecule has 1 amide bonds. The van der Waals surface area contributed by atoms with Gasteiger partial charge in [0.15, 0.2) is 9.84 Å². The number of sulfone groups is 1. The van der Waals surface area contributed by atoms with Gasteiger partial charge >= 0.3 is 0 Å². The van der Waals surface area contributed by atoms with E-state index < -0.39 is 9.84 Å². The average molecular weight is 329 g/mol. The quantitative estimate of drug-likeness (QED) is 0.886. The van der Waals surface area contributed by atoms with Crippen LogP contribution in [0, 0.1) is 0 Å². The molecule has 0 aliphatic rings. The molecule has 0 fully saturated rings. The maximum absolute atomic E-state index is 12.0. The van der Waals surface area contributed by atoms with Gasteiger partial charge in [-0.1, -0.05) is 54.6 Å².